The Kier molecular flexibility index (Phi) is 14.8. The van der Waals surface area contributed by atoms with Gasteiger partial charge in [-0.25, -0.2) is 0 Å². The van der Waals surface area contributed by atoms with E-state index in [1.54, 1.807) is 0 Å². The maximum Gasteiger partial charge on any atom is 0.500 e. The number of carboxylic acids is 1. The number of carboxylic acid groups (broad SMARTS) is 1. The number of rotatable bonds is 17. The van der Waals surface area contributed by atoms with E-state index in [0.717, 1.165) is 31.7 Å². The second-order valence-corrected chi connectivity index (χ2v) is 8.44. The van der Waals surface area contributed by atoms with Gasteiger partial charge in [-0.2, -0.15) is 0 Å². The first kappa shape index (κ1) is 22.6. The molecule has 0 spiro atoms. The van der Waals surface area contributed by atoms with Crippen LogP contribution in [-0.2, 0) is 18.1 Å². The number of carbonyl (C=O) groups is 1. The van der Waals surface area contributed by atoms with Crippen LogP contribution in [0.3, 0.4) is 0 Å². The lowest BCUT2D eigenvalue weighted by molar-refractivity contribution is -0.137. The zero-order valence-corrected chi connectivity index (χ0v) is 16.3. The summed E-state index contributed by atoms with van der Waals surface area (Å²) >= 11 is 0. The molecule has 0 aliphatic carbocycles. The minimum Gasteiger partial charge on any atom is -0.481 e. The Hall–Kier alpha value is -0.433. The molecule has 0 aromatic heterocycles. The van der Waals surface area contributed by atoms with Gasteiger partial charge in [0.1, 0.15) is 0 Å². The van der Waals surface area contributed by atoms with E-state index < -0.39 is 14.8 Å². The first-order valence-corrected chi connectivity index (χ1v) is 11.2. The molecule has 0 unspecified atom stereocenters. The fourth-order valence-corrected chi connectivity index (χ4v) is 5.37. The second kappa shape index (κ2) is 15.1. The quantitative estimate of drug-likeness (QED) is 0.307. The highest BCUT2D eigenvalue weighted by molar-refractivity contribution is 6.60. The molecule has 0 fully saturated rings. The van der Waals surface area contributed by atoms with Crippen LogP contribution in [0, 0.1) is 0 Å². The van der Waals surface area contributed by atoms with Crippen molar-refractivity contribution in [1.29, 1.82) is 0 Å². The van der Waals surface area contributed by atoms with Crippen LogP contribution in [0.4, 0.5) is 0 Å². The lowest BCUT2D eigenvalue weighted by atomic mass is 10.1. The Balaban J connectivity index is 3.71. The molecule has 6 heteroatoms. The van der Waals surface area contributed by atoms with E-state index in [1.807, 2.05) is 20.8 Å². The van der Waals surface area contributed by atoms with Crippen LogP contribution in [-0.4, -0.2) is 39.7 Å². The predicted octanol–water partition coefficient (Wildman–Crippen LogP) is 4.63. The summed E-state index contributed by atoms with van der Waals surface area (Å²) < 4.78 is 17.5. The van der Waals surface area contributed by atoms with Crippen molar-refractivity contribution in [2.24, 2.45) is 0 Å². The van der Waals surface area contributed by atoms with Crippen LogP contribution in [0.25, 0.3) is 0 Å². The number of unbranched alkanes of at least 4 members (excludes halogenated alkanes) is 7. The fourth-order valence-electron chi connectivity index (χ4n) is 2.68. The first-order chi connectivity index (χ1) is 11.1. The van der Waals surface area contributed by atoms with Crippen LogP contribution < -0.4 is 0 Å². The summed E-state index contributed by atoms with van der Waals surface area (Å²) in [6.07, 6.45) is 9.18. The van der Waals surface area contributed by atoms with E-state index in [4.69, 9.17) is 18.4 Å². The molecule has 138 valence electrons. The molecular weight excluding hydrogens is 312 g/mol. The summed E-state index contributed by atoms with van der Waals surface area (Å²) in [6.45, 7) is 7.89. The Labute approximate surface area is 143 Å². The highest BCUT2D eigenvalue weighted by Gasteiger charge is 2.39. The average Bonchev–Trinajstić information content (AvgIpc) is 2.49. The van der Waals surface area contributed by atoms with Gasteiger partial charge in [-0.3, -0.25) is 4.79 Å². The predicted molar refractivity (Wildman–Crippen MR) is 94.6 cm³/mol. The normalized spacial score (nSPS) is 11.8. The van der Waals surface area contributed by atoms with E-state index >= 15 is 0 Å². The fraction of sp³-hybridized carbons (Fsp3) is 0.941. The summed E-state index contributed by atoms with van der Waals surface area (Å²) in [7, 11) is -2.45. The second-order valence-electron chi connectivity index (χ2n) is 5.70. The Bertz CT molecular complexity index is 269. The van der Waals surface area contributed by atoms with Gasteiger partial charge in [0.15, 0.2) is 0 Å². The van der Waals surface area contributed by atoms with Gasteiger partial charge in [-0.15, -0.1) is 0 Å². The van der Waals surface area contributed by atoms with Crippen molar-refractivity contribution in [2.75, 3.05) is 19.8 Å². The first-order valence-electron chi connectivity index (χ1n) is 9.23. The molecule has 0 amide bonds. The van der Waals surface area contributed by atoms with Crippen molar-refractivity contribution in [1.82, 2.24) is 0 Å². The van der Waals surface area contributed by atoms with Gasteiger partial charge in [-0.05, 0) is 33.6 Å². The third-order valence-electron chi connectivity index (χ3n) is 3.72. The van der Waals surface area contributed by atoms with Crippen LogP contribution >= 0.6 is 0 Å². The largest absolute Gasteiger partial charge is 0.500 e. The van der Waals surface area contributed by atoms with Gasteiger partial charge in [0.25, 0.3) is 0 Å². The molecule has 0 aromatic carbocycles. The van der Waals surface area contributed by atoms with Crippen LogP contribution in [0.15, 0.2) is 0 Å². The monoisotopic (exact) mass is 348 g/mol. The molecule has 5 nitrogen and oxygen atoms in total. The average molecular weight is 349 g/mol. The molecule has 1 N–H and O–H groups in total. The molecule has 0 aliphatic rings. The van der Waals surface area contributed by atoms with Crippen molar-refractivity contribution >= 4 is 14.8 Å². The van der Waals surface area contributed by atoms with E-state index in [-0.39, 0.29) is 0 Å². The topological polar surface area (TPSA) is 65.0 Å². The lowest BCUT2D eigenvalue weighted by Gasteiger charge is -2.28. The summed E-state index contributed by atoms with van der Waals surface area (Å²) in [5.74, 6) is -0.685. The van der Waals surface area contributed by atoms with Crippen molar-refractivity contribution in [3.63, 3.8) is 0 Å². The van der Waals surface area contributed by atoms with Gasteiger partial charge < -0.3 is 18.4 Å². The molecule has 0 atom stereocenters. The van der Waals surface area contributed by atoms with Gasteiger partial charge in [-0.1, -0.05) is 38.5 Å². The van der Waals surface area contributed by atoms with Crippen molar-refractivity contribution in [3.05, 3.63) is 0 Å². The van der Waals surface area contributed by atoms with Crippen molar-refractivity contribution < 1.29 is 23.2 Å². The zero-order chi connectivity index (χ0) is 17.4. The molecule has 0 heterocycles. The highest BCUT2D eigenvalue weighted by atomic mass is 28.4. The van der Waals surface area contributed by atoms with Gasteiger partial charge >= 0.3 is 14.8 Å². The molecule has 0 aromatic rings. The zero-order valence-electron chi connectivity index (χ0n) is 15.3. The molecule has 0 aliphatic heterocycles. The van der Waals surface area contributed by atoms with Gasteiger partial charge in [0, 0.05) is 32.3 Å². The third kappa shape index (κ3) is 12.6. The molecular formula is C17H36O5Si. The number of aliphatic carboxylic acids is 1. The third-order valence-corrected chi connectivity index (χ3v) is 6.87. The SMILES string of the molecule is CCO[Si](CCCCCCCCCCC(=O)O)(OCC)OCC. The Morgan fingerprint density at radius 1 is 0.739 bits per heavy atom. The minimum absolute atomic E-state index is 0.305. The van der Waals surface area contributed by atoms with Gasteiger partial charge in [0.2, 0.25) is 0 Å². The number of hydrogen-bond donors (Lipinski definition) is 1. The maximum atomic E-state index is 10.4. The van der Waals surface area contributed by atoms with Crippen molar-refractivity contribution in [2.45, 2.75) is 84.6 Å². The Morgan fingerprint density at radius 2 is 1.13 bits per heavy atom. The minimum atomic E-state index is -2.45. The van der Waals surface area contributed by atoms with E-state index in [2.05, 4.69) is 0 Å². The standard InChI is InChI=1S/C17H36O5Si/c1-4-20-23(21-5-2,22-6-3)16-14-12-10-8-7-9-11-13-15-17(18)19/h4-16H2,1-3H3,(H,18,19). The van der Waals surface area contributed by atoms with E-state index in [1.165, 1.54) is 25.7 Å². The van der Waals surface area contributed by atoms with Crippen LogP contribution in [0.1, 0.15) is 78.6 Å². The summed E-state index contributed by atoms with van der Waals surface area (Å²) in [6, 6.07) is 0.904. The van der Waals surface area contributed by atoms with Crippen molar-refractivity contribution in [3.8, 4) is 0 Å². The molecule has 0 saturated carbocycles. The molecule has 0 saturated heterocycles. The van der Waals surface area contributed by atoms with E-state index in [0.29, 0.717) is 26.2 Å². The number of hydrogen-bond acceptors (Lipinski definition) is 4. The molecule has 0 bridgehead atoms. The Morgan fingerprint density at radius 3 is 1.52 bits per heavy atom. The lowest BCUT2D eigenvalue weighted by Crippen LogP contribution is -2.45. The smallest absolute Gasteiger partial charge is 0.481 e. The summed E-state index contributed by atoms with van der Waals surface area (Å²) in [5, 5.41) is 8.57. The van der Waals surface area contributed by atoms with Crippen LogP contribution in [0.2, 0.25) is 6.04 Å². The molecule has 23 heavy (non-hydrogen) atoms. The summed E-state index contributed by atoms with van der Waals surface area (Å²) in [5.41, 5.74) is 0. The van der Waals surface area contributed by atoms with E-state index in [9.17, 15) is 4.79 Å². The molecule has 0 radical (unpaired) electrons. The summed E-state index contributed by atoms with van der Waals surface area (Å²) in [4.78, 5) is 10.4. The highest BCUT2D eigenvalue weighted by Crippen LogP contribution is 2.20. The van der Waals surface area contributed by atoms with Crippen LogP contribution in [0.5, 0.6) is 0 Å². The molecule has 0 rings (SSSR count). The van der Waals surface area contributed by atoms with Gasteiger partial charge in [0.05, 0.1) is 0 Å². The maximum absolute atomic E-state index is 10.4.